The van der Waals surface area contributed by atoms with Gasteiger partial charge in [-0.05, 0) is 37.8 Å². The first-order valence-electron chi connectivity index (χ1n) is 12.8. The van der Waals surface area contributed by atoms with Gasteiger partial charge in [0, 0.05) is 47.7 Å². The summed E-state index contributed by atoms with van der Waals surface area (Å²) in [7, 11) is 0. The van der Waals surface area contributed by atoms with Crippen LogP contribution in [0.25, 0.3) is 11.3 Å². The summed E-state index contributed by atoms with van der Waals surface area (Å²) in [5, 5.41) is 5.54. The number of nitrogens with two attached hydrogens (primary N) is 1. The normalized spacial score (nSPS) is 22.8. The highest BCUT2D eigenvalue weighted by Crippen LogP contribution is 2.33. The maximum absolute atomic E-state index is 12.9. The minimum Gasteiger partial charge on any atom is -0.424 e. The van der Waals surface area contributed by atoms with E-state index in [0.717, 1.165) is 51.5 Å². The number of benzene rings is 1. The van der Waals surface area contributed by atoms with E-state index in [0.29, 0.717) is 28.5 Å². The first-order chi connectivity index (χ1) is 18.3. The predicted molar refractivity (Wildman–Crippen MR) is 134 cm³/mol. The summed E-state index contributed by atoms with van der Waals surface area (Å²) in [5.74, 6) is -1.12. The van der Waals surface area contributed by atoms with Crippen molar-refractivity contribution in [1.29, 1.82) is 0 Å². The lowest BCUT2D eigenvalue weighted by Gasteiger charge is -2.42. The molecule has 3 aromatic rings. The van der Waals surface area contributed by atoms with Gasteiger partial charge in [0.1, 0.15) is 0 Å². The summed E-state index contributed by atoms with van der Waals surface area (Å²) >= 11 is 0. The number of halogens is 3. The Balaban J connectivity index is 1.28. The molecular formula is C26H30F3N7O2. The number of anilines is 1. The van der Waals surface area contributed by atoms with Gasteiger partial charge in [-0.1, -0.05) is 31.4 Å². The molecule has 0 spiro atoms. The zero-order valence-electron chi connectivity index (χ0n) is 20.7. The van der Waals surface area contributed by atoms with Crippen molar-refractivity contribution in [2.75, 3.05) is 11.9 Å². The number of carbonyl (C=O) groups excluding carboxylic acids is 1. The van der Waals surface area contributed by atoms with Gasteiger partial charge in [-0.25, -0.2) is 25.4 Å². The minimum absolute atomic E-state index is 0.0404. The van der Waals surface area contributed by atoms with Crippen LogP contribution in [-0.4, -0.2) is 44.5 Å². The van der Waals surface area contributed by atoms with Gasteiger partial charge in [0.15, 0.2) is 5.76 Å². The van der Waals surface area contributed by atoms with Crippen LogP contribution in [0.15, 0.2) is 47.3 Å². The van der Waals surface area contributed by atoms with Crippen molar-refractivity contribution in [2.45, 2.75) is 69.2 Å². The molecule has 1 saturated heterocycles. The van der Waals surface area contributed by atoms with Crippen LogP contribution in [0.2, 0.25) is 0 Å². The van der Waals surface area contributed by atoms with E-state index in [1.165, 1.54) is 12.4 Å². The number of nitrogens with one attached hydrogen (secondary N) is 2. The fourth-order valence-electron chi connectivity index (χ4n) is 5.22. The molecule has 1 amide bonds. The third kappa shape index (κ3) is 5.97. The lowest BCUT2D eigenvalue weighted by molar-refractivity contribution is -0.145. The number of hydrogen-bond acceptors (Lipinski definition) is 8. The van der Waals surface area contributed by atoms with Crippen molar-refractivity contribution < 1.29 is 22.4 Å². The summed E-state index contributed by atoms with van der Waals surface area (Å²) in [5.41, 5.74) is 10.8. The molecule has 1 aliphatic carbocycles. The van der Waals surface area contributed by atoms with E-state index in [1.54, 1.807) is 24.4 Å². The summed E-state index contributed by atoms with van der Waals surface area (Å²) in [6.45, 7) is 0.772. The Labute approximate surface area is 218 Å². The summed E-state index contributed by atoms with van der Waals surface area (Å²) in [6.07, 6.45) is 6.36. The summed E-state index contributed by atoms with van der Waals surface area (Å²) < 4.78 is 44.7. The highest BCUT2D eigenvalue weighted by molar-refractivity contribution is 5.93. The molecule has 3 atom stereocenters. The molecule has 1 aliphatic heterocycles. The Bertz CT molecular complexity index is 1250. The van der Waals surface area contributed by atoms with Crippen LogP contribution < -0.4 is 16.5 Å². The van der Waals surface area contributed by atoms with Crippen molar-refractivity contribution >= 4 is 11.9 Å². The number of nitrogens with zero attached hydrogens (tertiary/aromatic N) is 4. The first kappa shape index (κ1) is 26.1. The van der Waals surface area contributed by atoms with Crippen LogP contribution in [0, 0.1) is 0 Å². The van der Waals surface area contributed by atoms with Crippen LogP contribution in [0.4, 0.5) is 19.2 Å². The molecule has 2 aromatic heterocycles. The highest BCUT2D eigenvalue weighted by Gasteiger charge is 2.36. The van der Waals surface area contributed by atoms with E-state index in [2.05, 4.69) is 30.7 Å². The van der Waals surface area contributed by atoms with Crippen LogP contribution >= 0.6 is 0 Å². The van der Waals surface area contributed by atoms with E-state index in [-0.39, 0.29) is 18.1 Å². The van der Waals surface area contributed by atoms with Gasteiger partial charge >= 0.3 is 6.18 Å². The molecular weight excluding hydrogens is 499 g/mol. The Morgan fingerprint density at radius 2 is 1.74 bits per heavy atom. The third-order valence-corrected chi connectivity index (χ3v) is 7.16. The molecule has 12 heteroatoms. The van der Waals surface area contributed by atoms with Crippen molar-refractivity contribution in [3.8, 4) is 11.3 Å². The SMILES string of the molecule is NC(=O)c1cccc(-c2cnc(N[C@@H]3CCCC[C@H]3NN3CCCC[C@H]3c3cnc(C(F)(F)F)nc3)o2)c1. The molecule has 5 rings (SSSR count). The Kier molecular flexibility index (Phi) is 7.61. The number of hydrogen-bond donors (Lipinski definition) is 3. The monoisotopic (exact) mass is 529 g/mol. The van der Waals surface area contributed by atoms with Gasteiger partial charge in [0.05, 0.1) is 12.2 Å². The zero-order valence-corrected chi connectivity index (χ0v) is 20.7. The maximum Gasteiger partial charge on any atom is 0.451 e. The molecule has 0 unspecified atom stereocenters. The zero-order chi connectivity index (χ0) is 26.7. The molecule has 4 N–H and O–H groups in total. The number of carbonyl (C=O) groups is 1. The largest absolute Gasteiger partial charge is 0.451 e. The minimum atomic E-state index is -4.56. The Morgan fingerprint density at radius 1 is 1.00 bits per heavy atom. The molecule has 9 nitrogen and oxygen atoms in total. The van der Waals surface area contributed by atoms with E-state index >= 15 is 0 Å². The molecule has 0 radical (unpaired) electrons. The average molecular weight is 530 g/mol. The van der Waals surface area contributed by atoms with Crippen LogP contribution in [0.1, 0.15) is 72.7 Å². The number of amides is 1. The van der Waals surface area contributed by atoms with Gasteiger partial charge in [0.25, 0.3) is 6.01 Å². The summed E-state index contributed by atoms with van der Waals surface area (Å²) in [6, 6.07) is 7.26. The number of alkyl halides is 3. The van der Waals surface area contributed by atoms with Gasteiger partial charge in [-0.15, -0.1) is 0 Å². The number of rotatable bonds is 7. The molecule has 2 fully saturated rings. The number of piperidine rings is 1. The van der Waals surface area contributed by atoms with Gasteiger partial charge in [-0.3, -0.25) is 4.79 Å². The standard InChI is InChI=1S/C26H30F3N7O2/c27-26(28,29)24-31-13-18(14-32-24)21-10-3-4-11-36(21)35-20-9-2-1-8-19(20)34-25-33-15-22(38-25)16-6-5-7-17(12-16)23(30)37/h5-7,12-15,19-21,35H,1-4,8-11H2,(H2,30,37)(H,33,34)/t19-,20-,21+/m1/s1. The fraction of sp³-hybridized carbons (Fsp3) is 0.462. The van der Waals surface area contributed by atoms with Crippen molar-refractivity contribution in [3.05, 3.63) is 59.8 Å². The second-order valence-corrected chi connectivity index (χ2v) is 9.79. The van der Waals surface area contributed by atoms with Crippen molar-refractivity contribution in [1.82, 2.24) is 25.4 Å². The Morgan fingerprint density at radius 3 is 2.47 bits per heavy atom. The fourth-order valence-corrected chi connectivity index (χ4v) is 5.22. The summed E-state index contributed by atoms with van der Waals surface area (Å²) in [4.78, 5) is 23.1. The number of aromatic nitrogens is 3. The lowest BCUT2D eigenvalue weighted by Crippen LogP contribution is -2.55. The number of primary amides is 1. The maximum atomic E-state index is 12.9. The first-order valence-corrected chi connectivity index (χ1v) is 12.8. The van der Waals surface area contributed by atoms with E-state index < -0.39 is 17.9 Å². The molecule has 0 bridgehead atoms. The van der Waals surface area contributed by atoms with Crippen molar-refractivity contribution in [2.24, 2.45) is 5.73 Å². The van der Waals surface area contributed by atoms with Crippen LogP contribution in [0.3, 0.4) is 0 Å². The molecule has 38 heavy (non-hydrogen) atoms. The molecule has 202 valence electrons. The smallest absolute Gasteiger partial charge is 0.424 e. The van der Waals surface area contributed by atoms with Crippen molar-refractivity contribution in [3.63, 3.8) is 0 Å². The van der Waals surface area contributed by atoms with Gasteiger partial charge in [-0.2, -0.15) is 13.2 Å². The quantitative estimate of drug-likeness (QED) is 0.403. The average Bonchev–Trinajstić information content (AvgIpc) is 3.38. The predicted octanol–water partition coefficient (Wildman–Crippen LogP) is 4.70. The van der Waals surface area contributed by atoms with Crippen LogP contribution in [0.5, 0.6) is 0 Å². The Hall–Kier alpha value is -3.51. The van der Waals surface area contributed by atoms with E-state index in [4.69, 9.17) is 10.2 Å². The molecule has 1 aromatic carbocycles. The highest BCUT2D eigenvalue weighted by atomic mass is 19.4. The third-order valence-electron chi connectivity index (χ3n) is 7.16. The van der Waals surface area contributed by atoms with E-state index in [9.17, 15) is 18.0 Å². The second-order valence-electron chi connectivity index (χ2n) is 9.79. The van der Waals surface area contributed by atoms with E-state index in [1.807, 2.05) is 6.07 Å². The van der Waals surface area contributed by atoms with Gasteiger partial charge in [0.2, 0.25) is 11.7 Å². The lowest BCUT2D eigenvalue weighted by atomic mass is 9.90. The number of oxazole rings is 1. The molecule has 2 aliphatic rings. The van der Waals surface area contributed by atoms with Crippen LogP contribution in [-0.2, 0) is 6.18 Å². The molecule has 3 heterocycles. The second kappa shape index (κ2) is 11.1. The topological polar surface area (TPSA) is 122 Å². The molecule has 1 saturated carbocycles. The van der Waals surface area contributed by atoms with Gasteiger partial charge < -0.3 is 15.5 Å². The number of hydrazine groups is 1.